The molecule has 0 aromatic heterocycles. The highest BCUT2D eigenvalue weighted by molar-refractivity contribution is 5.88. The molecule has 1 atom stereocenters. The smallest absolute Gasteiger partial charge is 0.221 e. The van der Waals surface area contributed by atoms with E-state index >= 15 is 0 Å². The minimum Gasteiger partial charge on any atom is -0.378 e. The van der Waals surface area contributed by atoms with Crippen LogP contribution in [0.1, 0.15) is 25.5 Å². The molecule has 0 bridgehead atoms. The van der Waals surface area contributed by atoms with Gasteiger partial charge in [0.2, 0.25) is 5.91 Å². The van der Waals surface area contributed by atoms with Crippen molar-refractivity contribution in [2.24, 2.45) is 0 Å². The molecular formula is C13H18N2O2. The van der Waals surface area contributed by atoms with Crippen LogP contribution in [0.5, 0.6) is 0 Å². The summed E-state index contributed by atoms with van der Waals surface area (Å²) in [6.45, 7) is 5.21. The van der Waals surface area contributed by atoms with E-state index in [4.69, 9.17) is 4.74 Å². The topological polar surface area (TPSA) is 50.4 Å². The van der Waals surface area contributed by atoms with E-state index in [2.05, 4.69) is 23.6 Å². The fourth-order valence-corrected chi connectivity index (χ4v) is 1.87. The Labute approximate surface area is 101 Å². The van der Waals surface area contributed by atoms with Crippen LogP contribution in [-0.4, -0.2) is 25.2 Å². The van der Waals surface area contributed by atoms with E-state index in [9.17, 15) is 4.79 Å². The second kappa shape index (κ2) is 5.29. The maximum Gasteiger partial charge on any atom is 0.221 e. The summed E-state index contributed by atoms with van der Waals surface area (Å²) in [7, 11) is 0. The highest BCUT2D eigenvalue weighted by atomic mass is 16.5. The molecule has 1 aliphatic rings. The van der Waals surface area contributed by atoms with Crippen molar-refractivity contribution in [1.29, 1.82) is 0 Å². The van der Waals surface area contributed by atoms with Crippen molar-refractivity contribution < 1.29 is 9.53 Å². The number of rotatable bonds is 4. The van der Waals surface area contributed by atoms with Gasteiger partial charge in [0.1, 0.15) is 0 Å². The van der Waals surface area contributed by atoms with E-state index in [1.165, 1.54) is 12.5 Å². The molecule has 1 unspecified atom stereocenters. The first-order valence-corrected chi connectivity index (χ1v) is 5.86. The summed E-state index contributed by atoms with van der Waals surface area (Å²) in [5, 5.41) is 6.27. The summed E-state index contributed by atoms with van der Waals surface area (Å²) in [6, 6.07) is 8.62. The van der Waals surface area contributed by atoms with Crippen molar-refractivity contribution in [3.8, 4) is 0 Å². The van der Waals surface area contributed by atoms with Crippen LogP contribution in [0.15, 0.2) is 24.3 Å². The molecule has 0 saturated carbocycles. The van der Waals surface area contributed by atoms with E-state index in [-0.39, 0.29) is 11.9 Å². The molecule has 1 amide bonds. The lowest BCUT2D eigenvalue weighted by molar-refractivity contribution is -0.114. The molecule has 4 heteroatoms. The van der Waals surface area contributed by atoms with Crippen LogP contribution in [0.4, 0.5) is 5.69 Å². The van der Waals surface area contributed by atoms with Gasteiger partial charge in [0, 0.05) is 18.7 Å². The largest absolute Gasteiger partial charge is 0.378 e. The number of amides is 1. The monoisotopic (exact) mass is 234 g/mol. The number of benzene rings is 1. The number of ether oxygens (including phenoxy) is 1. The maximum absolute atomic E-state index is 11.0. The third-order valence-electron chi connectivity index (χ3n) is 2.83. The lowest BCUT2D eigenvalue weighted by Crippen LogP contribution is -2.46. The van der Waals surface area contributed by atoms with Gasteiger partial charge in [-0.2, -0.15) is 0 Å². The van der Waals surface area contributed by atoms with E-state index in [0.717, 1.165) is 18.9 Å². The number of hydrogen-bond acceptors (Lipinski definition) is 3. The summed E-state index contributed by atoms with van der Waals surface area (Å²) in [6.07, 6.45) is 0. The first kappa shape index (κ1) is 12.1. The van der Waals surface area contributed by atoms with Gasteiger partial charge >= 0.3 is 0 Å². The van der Waals surface area contributed by atoms with Crippen LogP contribution in [0.25, 0.3) is 0 Å². The summed E-state index contributed by atoms with van der Waals surface area (Å²) in [5.74, 6) is -0.0462. The lowest BCUT2D eigenvalue weighted by atomic mass is 10.1. The minimum atomic E-state index is -0.0462. The van der Waals surface area contributed by atoms with Crippen molar-refractivity contribution in [1.82, 2.24) is 5.32 Å². The Balaban J connectivity index is 2.00. The van der Waals surface area contributed by atoms with E-state index in [1.54, 1.807) is 0 Å². The Hall–Kier alpha value is -1.39. The second-order valence-electron chi connectivity index (χ2n) is 4.43. The standard InChI is InChI=1S/C13H18N2O2/c1-9(14-13-7-17-8-13)11-4-3-5-12(6-11)15-10(2)16/h3-6,9,13-14H,7-8H2,1-2H3,(H,15,16). The van der Waals surface area contributed by atoms with Gasteiger partial charge in [-0.3, -0.25) is 4.79 Å². The average Bonchev–Trinajstić information content (AvgIpc) is 2.22. The lowest BCUT2D eigenvalue weighted by Gasteiger charge is -2.30. The normalized spacial score (nSPS) is 17.3. The number of hydrogen-bond donors (Lipinski definition) is 2. The van der Waals surface area contributed by atoms with Crippen LogP contribution in [0.2, 0.25) is 0 Å². The molecule has 0 spiro atoms. The predicted molar refractivity (Wildman–Crippen MR) is 66.9 cm³/mol. The van der Waals surface area contributed by atoms with E-state index in [1.807, 2.05) is 18.2 Å². The van der Waals surface area contributed by atoms with Crippen molar-refractivity contribution in [2.45, 2.75) is 25.9 Å². The minimum absolute atomic E-state index is 0.0462. The van der Waals surface area contributed by atoms with Crippen LogP contribution in [0, 0.1) is 0 Å². The molecule has 0 radical (unpaired) electrons. The van der Waals surface area contributed by atoms with Crippen molar-refractivity contribution in [3.05, 3.63) is 29.8 Å². The molecule has 2 N–H and O–H groups in total. The fraction of sp³-hybridized carbons (Fsp3) is 0.462. The van der Waals surface area contributed by atoms with Crippen LogP contribution < -0.4 is 10.6 Å². The Morgan fingerprint density at radius 1 is 1.47 bits per heavy atom. The first-order chi connectivity index (χ1) is 8.15. The molecule has 0 aliphatic carbocycles. The van der Waals surface area contributed by atoms with Gasteiger partial charge in [0.15, 0.2) is 0 Å². The molecule has 92 valence electrons. The molecule has 2 rings (SSSR count). The van der Waals surface area contributed by atoms with Crippen LogP contribution >= 0.6 is 0 Å². The molecule has 1 aromatic carbocycles. The fourth-order valence-electron chi connectivity index (χ4n) is 1.87. The van der Waals surface area contributed by atoms with Crippen molar-refractivity contribution in [2.75, 3.05) is 18.5 Å². The van der Waals surface area contributed by atoms with E-state index < -0.39 is 0 Å². The van der Waals surface area contributed by atoms with Crippen LogP contribution in [0.3, 0.4) is 0 Å². The second-order valence-corrected chi connectivity index (χ2v) is 4.43. The molecule has 1 aromatic rings. The summed E-state index contributed by atoms with van der Waals surface area (Å²) in [5.41, 5.74) is 2.01. The molecule has 1 fully saturated rings. The van der Waals surface area contributed by atoms with E-state index in [0.29, 0.717) is 6.04 Å². The molecule has 1 saturated heterocycles. The molecule has 1 aliphatic heterocycles. The van der Waals surface area contributed by atoms with Gasteiger partial charge in [-0.05, 0) is 24.6 Å². The van der Waals surface area contributed by atoms with Gasteiger partial charge in [-0.25, -0.2) is 0 Å². The molecule has 17 heavy (non-hydrogen) atoms. The molecular weight excluding hydrogens is 216 g/mol. The van der Waals surface area contributed by atoms with Gasteiger partial charge in [0.25, 0.3) is 0 Å². The van der Waals surface area contributed by atoms with Gasteiger partial charge in [-0.15, -0.1) is 0 Å². The van der Waals surface area contributed by atoms with Gasteiger partial charge in [0.05, 0.1) is 19.3 Å². The third kappa shape index (κ3) is 3.28. The molecule has 1 heterocycles. The zero-order chi connectivity index (χ0) is 12.3. The zero-order valence-corrected chi connectivity index (χ0v) is 10.2. The van der Waals surface area contributed by atoms with Crippen molar-refractivity contribution >= 4 is 11.6 Å². The highest BCUT2D eigenvalue weighted by Crippen LogP contribution is 2.19. The maximum atomic E-state index is 11.0. The summed E-state index contributed by atoms with van der Waals surface area (Å²) in [4.78, 5) is 11.0. The Morgan fingerprint density at radius 2 is 2.24 bits per heavy atom. The molecule has 4 nitrogen and oxygen atoms in total. The number of nitrogens with one attached hydrogen (secondary N) is 2. The number of anilines is 1. The summed E-state index contributed by atoms with van der Waals surface area (Å²) >= 11 is 0. The predicted octanol–water partition coefficient (Wildman–Crippen LogP) is 1.69. The van der Waals surface area contributed by atoms with Gasteiger partial charge in [-0.1, -0.05) is 12.1 Å². The average molecular weight is 234 g/mol. The Bertz CT molecular complexity index is 402. The Kier molecular flexibility index (Phi) is 3.76. The first-order valence-electron chi connectivity index (χ1n) is 5.86. The third-order valence-corrected chi connectivity index (χ3v) is 2.83. The summed E-state index contributed by atoms with van der Waals surface area (Å²) < 4.78 is 5.13. The number of carbonyl (C=O) groups excluding carboxylic acids is 1. The van der Waals surface area contributed by atoms with Crippen molar-refractivity contribution in [3.63, 3.8) is 0 Å². The number of carbonyl (C=O) groups is 1. The SMILES string of the molecule is CC(=O)Nc1cccc(C(C)NC2COC2)c1. The zero-order valence-electron chi connectivity index (χ0n) is 10.2. The highest BCUT2D eigenvalue weighted by Gasteiger charge is 2.20. The quantitative estimate of drug-likeness (QED) is 0.833. The Morgan fingerprint density at radius 3 is 2.82 bits per heavy atom. The van der Waals surface area contributed by atoms with Gasteiger partial charge < -0.3 is 15.4 Å². The van der Waals surface area contributed by atoms with Crippen LogP contribution in [-0.2, 0) is 9.53 Å².